The van der Waals surface area contributed by atoms with Crippen LogP contribution < -0.4 is 0 Å². The summed E-state index contributed by atoms with van der Waals surface area (Å²) in [6.45, 7) is 6.60. The van der Waals surface area contributed by atoms with Crippen molar-refractivity contribution in [3.63, 3.8) is 0 Å². The molecule has 2 aliphatic rings. The molecular weight excluding hydrogens is 162 g/mol. The molecule has 2 aliphatic carbocycles. The fraction of sp³-hybridized carbons (Fsp3) is 0.818. The van der Waals surface area contributed by atoms with Crippen molar-refractivity contribution in [2.75, 3.05) is 13.1 Å². The van der Waals surface area contributed by atoms with Gasteiger partial charge in [0.2, 0.25) is 0 Å². The van der Waals surface area contributed by atoms with E-state index < -0.39 is 0 Å². The minimum Gasteiger partial charge on any atom is -0.392 e. The molecule has 0 amide bonds. The highest BCUT2D eigenvalue weighted by Gasteiger charge is 2.45. The highest BCUT2D eigenvalue weighted by Crippen LogP contribution is 2.41. The smallest absolute Gasteiger partial charge is 0.0680 e. The van der Waals surface area contributed by atoms with Gasteiger partial charge in [0.15, 0.2) is 0 Å². The summed E-state index contributed by atoms with van der Waals surface area (Å²) < 4.78 is 0. The van der Waals surface area contributed by atoms with Crippen molar-refractivity contribution < 1.29 is 5.11 Å². The molecule has 0 aromatic carbocycles. The Labute approximate surface area is 80.2 Å². The second kappa shape index (κ2) is 3.43. The lowest BCUT2D eigenvalue weighted by atomic mass is 10.00. The normalized spacial score (nSPS) is 42.2. The summed E-state index contributed by atoms with van der Waals surface area (Å²) in [5.41, 5.74) is 0. The van der Waals surface area contributed by atoms with Crippen molar-refractivity contribution >= 4 is 0 Å². The van der Waals surface area contributed by atoms with Crippen LogP contribution in [0.25, 0.3) is 0 Å². The topological polar surface area (TPSA) is 23.5 Å². The standard InChI is InChI=1S/C11H19NO/c1-3-12(4-2)10-7-8-5-6-9(10)11(8)13/h5-6,8-11,13H,3-4,7H2,1-2H3/t8-,9+,10-,11?/m0/s1. The van der Waals surface area contributed by atoms with Crippen molar-refractivity contribution in [2.24, 2.45) is 11.8 Å². The summed E-state index contributed by atoms with van der Waals surface area (Å²) >= 11 is 0. The average Bonchev–Trinajstić information content (AvgIpc) is 2.64. The van der Waals surface area contributed by atoms with E-state index in [0.717, 1.165) is 19.5 Å². The molecule has 2 bridgehead atoms. The third-order valence-electron chi connectivity index (χ3n) is 3.65. The van der Waals surface area contributed by atoms with Crippen molar-refractivity contribution in [1.82, 2.24) is 4.90 Å². The van der Waals surface area contributed by atoms with Gasteiger partial charge < -0.3 is 10.0 Å². The van der Waals surface area contributed by atoms with E-state index in [9.17, 15) is 5.11 Å². The van der Waals surface area contributed by atoms with E-state index >= 15 is 0 Å². The third kappa shape index (κ3) is 1.32. The maximum absolute atomic E-state index is 9.85. The molecule has 0 aromatic heterocycles. The first kappa shape index (κ1) is 9.22. The van der Waals surface area contributed by atoms with Gasteiger partial charge in [0.1, 0.15) is 0 Å². The van der Waals surface area contributed by atoms with Crippen LogP contribution in [0.5, 0.6) is 0 Å². The summed E-state index contributed by atoms with van der Waals surface area (Å²) in [6.07, 6.45) is 5.46. The number of fused-ring (bicyclic) bond motifs is 2. The molecule has 2 rings (SSSR count). The van der Waals surface area contributed by atoms with Gasteiger partial charge in [-0.15, -0.1) is 0 Å². The first-order valence-electron chi connectivity index (χ1n) is 5.38. The Morgan fingerprint density at radius 2 is 2.00 bits per heavy atom. The lowest BCUT2D eigenvalue weighted by molar-refractivity contribution is 0.112. The van der Waals surface area contributed by atoms with Crippen LogP contribution in [0.15, 0.2) is 12.2 Å². The minimum absolute atomic E-state index is 0.0920. The van der Waals surface area contributed by atoms with E-state index in [1.165, 1.54) is 0 Å². The lowest BCUT2D eigenvalue weighted by Crippen LogP contribution is -2.39. The van der Waals surface area contributed by atoms with Gasteiger partial charge in [0, 0.05) is 17.9 Å². The summed E-state index contributed by atoms with van der Waals surface area (Å²) in [4.78, 5) is 2.47. The molecule has 0 heterocycles. The van der Waals surface area contributed by atoms with E-state index in [1.54, 1.807) is 0 Å². The molecule has 4 atom stereocenters. The van der Waals surface area contributed by atoms with Crippen LogP contribution in [-0.4, -0.2) is 35.2 Å². The SMILES string of the molecule is CCN(CC)[C@H]1C[C@@H]2C=C[C@H]1C2O. The van der Waals surface area contributed by atoms with Crippen LogP contribution in [-0.2, 0) is 0 Å². The van der Waals surface area contributed by atoms with Gasteiger partial charge in [-0.1, -0.05) is 26.0 Å². The van der Waals surface area contributed by atoms with Crippen molar-refractivity contribution in [1.29, 1.82) is 0 Å². The van der Waals surface area contributed by atoms with Crippen LogP contribution in [0.3, 0.4) is 0 Å². The van der Waals surface area contributed by atoms with Gasteiger partial charge in [0.25, 0.3) is 0 Å². The quantitative estimate of drug-likeness (QED) is 0.663. The first-order valence-corrected chi connectivity index (χ1v) is 5.38. The van der Waals surface area contributed by atoms with E-state index in [4.69, 9.17) is 0 Å². The maximum Gasteiger partial charge on any atom is 0.0680 e. The second-order valence-electron chi connectivity index (χ2n) is 4.14. The Bertz CT molecular complexity index is 210. The molecule has 0 aromatic rings. The summed E-state index contributed by atoms with van der Waals surface area (Å²) in [7, 11) is 0. The molecule has 13 heavy (non-hydrogen) atoms. The number of hydrogen-bond donors (Lipinski definition) is 1. The van der Waals surface area contributed by atoms with Crippen LogP contribution in [0.4, 0.5) is 0 Å². The largest absolute Gasteiger partial charge is 0.392 e. The summed E-state index contributed by atoms with van der Waals surface area (Å²) in [5, 5.41) is 9.85. The Morgan fingerprint density at radius 1 is 1.31 bits per heavy atom. The van der Waals surface area contributed by atoms with Crippen LogP contribution >= 0.6 is 0 Å². The number of aliphatic hydroxyl groups is 1. The Kier molecular flexibility index (Phi) is 2.43. The van der Waals surface area contributed by atoms with Crippen LogP contribution in [0.1, 0.15) is 20.3 Å². The first-order chi connectivity index (χ1) is 6.27. The predicted octanol–water partition coefficient (Wildman–Crippen LogP) is 1.26. The van der Waals surface area contributed by atoms with Gasteiger partial charge in [-0.2, -0.15) is 0 Å². The molecule has 1 unspecified atom stereocenters. The number of aliphatic hydroxyl groups excluding tert-OH is 1. The van der Waals surface area contributed by atoms with Gasteiger partial charge >= 0.3 is 0 Å². The lowest BCUT2D eigenvalue weighted by Gasteiger charge is -2.30. The zero-order valence-electron chi connectivity index (χ0n) is 8.48. The van der Waals surface area contributed by atoms with Gasteiger partial charge in [-0.3, -0.25) is 0 Å². The Morgan fingerprint density at radius 3 is 2.38 bits per heavy atom. The number of nitrogens with zero attached hydrogens (tertiary/aromatic N) is 1. The van der Waals surface area contributed by atoms with E-state index in [2.05, 4.69) is 30.9 Å². The molecule has 1 N–H and O–H groups in total. The molecule has 1 fully saturated rings. The molecule has 2 nitrogen and oxygen atoms in total. The van der Waals surface area contributed by atoms with E-state index in [-0.39, 0.29) is 6.10 Å². The Balaban J connectivity index is 2.07. The molecule has 0 spiro atoms. The molecule has 1 saturated carbocycles. The molecular formula is C11H19NO. The molecule has 2 heteroatoms. The van der Waals surface area contributed by atoms with Gasteiger partial charge in [-0.25, -0.2) is 0 Å². The van der Waals surface area contributed by atoms with Crippen LogP contribution in [0, 0.1) is 11.8 Å². The van der Waals surface area contributed by atoms with E-state index in [1.807, 2.05) is 0 Å². The summed E-state index contributed by atoms with van der Waals surface area (Å²) in [6, 6.07) is 0.597. The predicted molar refractivity (Wildman–Crippen MR) is 53.5 cm³/mol. The highest BCUT2D eigenvalue weighted by atomic mass is 16.3. The van der Waals surface area contributed by atoms with Crippen molar-refractivity contribution in [3.8, 4) is 0 Å². The van der Waals surface area contributed by atoms with Crippen molar-refractivity contribution in [2.45, 2.75) is 32.4 Å². The molecule has 0 aliphatic heterocycles. The summed E-state index contributed by atoms with van der Waals surface area (Å²) in [5.74, 6) is 0.848. The molecule has 0 radical (unpaired) electrons. The average molecular weight is 181 g/mol. The molecule has 74 valence electrons. The van der Waals surface area contributed by atoms with Gasteiger partial charge in [-0.05, 0) is 19.5 Å². The minimum atomic E-state index is -0.0920. The fourth-order valence-electron chi connectivity index (χ4n) is 2.88. The second-order valence-corrected chi connectivity index (χ2v) is 4.14. The zero-order valence-corrected chi connectivity index (χ0v) is 8.48. The Hall–Kier alpha value is -0.340. The maximum atomic E-state index is 9.85. The number of rotatable bonds is 3. The monoisotopic (exact) mass is 181 g/mol. The highest BCUT2D eigenvalue weighted by molar-refractivity contribution is 5.17. The third-order valence-corrected chi connectivity index (χ3v) is 3.65. The zero-order chi connectivity index (χ0) is 9.42. The molecule has 0 saturated heterocycles. The van der Waals surface area contributed by atoms with Crippen molar-refractivity contribution in [3.05, 3.63) is 12.2 Å². The number of hydrogen-bond acceptors (Lipinski definition) is 2. The van der Waals surface area contributed by atoms with Gasteiger partial charge in [0.05, 0.1) is 6.10 Å². The van der Waals surface area contributed by atoms with E-state index in [0.29, 0.717) is 17.9 Å². The van der Waals surface area contributed by atoms with Crippen LogP contribution in [0.2, 0.25) is 0 Å². The fourth-order valence-corrected chi connectivity index (χ4v) is 2.88.